The van der Waals surface area contributed by atoms with Crippen LogP contribution in [0.4, 0.5) is 0 Å². The van der Waals surface area contributed by atoms with E-state index in [0.29, 0.717) is 10.0 Å². The van der Waals surface area contributed by atoms with Gasteiger partial charge in [0.15, 0.2) is 0 Å². The van der Waals surface area contributed by atoms with E-state index in [4.69, 9.17) is 34.8 Å². The number of hydrogen-bond donors (Lipinski definition) is 0. The van der Waals surface area contributed by atoms with Crippen LogP contribution in [0, 0.1) is 0 Å². The van der Waals surface area contributed by atoms with Crippen LogP contribution in [-0.4, -0.2) is 0 Å². The molecule has 0 saturated carbocycles. The van der Waals surface area contributed by atoms with Crippen molar-refractivity contribution in [3.05, 3.63) is 106 Å². The Morgan fingerprint density at radius 2 is 1.14 bits per heavy atom. The minimum Gasteiger partial charge on any atom is -0.103 e. The third-order valence-corrected chi connectivity index (χ3v) is 4.83. The van der Waals surface area contributed by atoms with Crippen LogP contribution in [0.3, 0.4) is 0 Å². The summed E-state index contributed by atoms with van der Waals surface area (Å²) in [5.74, 6) is 0. The molecule has 0 aliphatic carbocycles. The number of hydrogen-bond acceptors (Lipinski definition) is 0. The Kier molecular flexibility index (Phi) is 4.44. The lowest BCUT2D eigenvalue weighted by Crippen LogP contribution is -2.22. The largest absolute Gasteiger partial charge is 0.121 e. The van der Waals surface area contributed by atoms with Crippen molar-refractivity contribution in [3.8, 4) is 0 Å². The van der Waals surface area contributed by atoms with Crippen LogP contribution in [0.1, 0.15) is 16.7 Å². The molecule has 0 aromatic heterocycles. The van der Waals surface area contributed by atoms with Crippen LogP contribution in [0.5, 0.6) is 0 Å². The van der Waals surface area contributed by atoms with Crippen molar-refractivity contribution in [1.29, 1.82) is 0 Å². The Morgan fingerprint density at radius 1 is 0.636 bits per heavy atom. The lowest BCUT2D eigenvalue weighted by molar-refractivity contribution is 0.880. The highest BCUT2D eigenvalue weighted by atomic mass is 35.5. The molecule has 3 rings (SSSR count). The monoisotopic (exact) mass is 346 g/mol. The van der Waals surface area contributed by atoms with Crippen molar-refractivity contribution < 1.29 is 0 Å². The first-order valence-corrected chi connectivity index (χ1v) is 8.01. The molecule has 0 N–H and O–H groups in total. The van der Waals surface area contributed by atoms with E-state index in [9.17, 15) is 0 Å². The summed E-state index contributed by atoms with van der Waals surface area (Å²) in [7, 11) is 0. The fourth-order valence-corrected chi connectivity index (χ4v) is 3.60. The molecular weight excluding hydrogens is 335 g/mol. The fourth-order valence-electron chi connectivity index (χ4n) is 2.58. The molecule has 22 heavy (non-hydrogen) atoms. The quantitative estimate of drug-likeness (QED) is 0.373. The van der Waals surface area contributed by atoms with Gasteiger partial charge >= 0.3 is 0 Å². The topological polar surface area (TPSA) is 0 Å². The molecule has 3 aromatic rings. The predicted molar refractivity (Wildman–Crippen MR) is 95.1 cm³/mol. The van der Waals surface area contributed by atoms with Crippen molar-refractivity contribution in [2.45, 2.75) is 4.87 Å². The smallest absolute Gasteiger partial charge is 0.103 e. The summed E-state index contributed by atoms with van der Waals surface area (Å²) in [6, 6.07) is 25.3. The second-order valence-corrected chi connectivity index (χ2v) is 6.43. The summed E-state index contributed by atoms with van der Waals surface area (Å²) in [4.78, 5) is -0.857. The molecule has 0 radical (unpaired) electrons. The van der Waals surface area contributed by atoms with E-state index < -0.39 is 4.87 Å². The highest BCUT2D eigenvalue weighted by molar-refractivity contribution is 6.37. The highest BCUT2D eigenvalue weighted by Crippen LogP contribution is 2.46. The first-order chi connectivity index (χ1) is 10.6. The van der Waals surface area contributed by atoms with E-state index >= 15 is 0 Å². The van der Waals surface area contributed by atoms with Crippen LogP contribution in [0.25, 0.3) is 0 Å². The molecule has 0 bridgehead atoms. The van der Waals surface area contributed by atoms with E-state index in [1.54, 1.807) is 6.07 Å². The molecule has 0 saturated heterocycles. The maximum atomic E-state index is 7.15. The van der Waals surface area contributed by atoms with E-state index in [1.165, 1.54) is 0 Å². The van der Waals surface area contributed by atoms with Gasteiger partial charge in [0.25, 0.3) is 0 Å². The molecule has 0 amide bonds. The van der Waals surface area contributed by atoms with Gasteiger partial charge in [-0.05, 0) is 23.3 Å². The molecule has 0 fully saturated rings. The Hall–Kier alpha value is -1.47. The lowest BCUT2D eigenvalue weighted by Gasteiger charge is -2.30. The number of halogens is 3. The first kappa shape index (κ1) is 15.4. The maximum absolute atomic E-state index is 7.15. The molecule has 3 aromatic carbocycles. The summed E-state index contributed by atoms with van der Waals surface area (Å²) in [5.41, 5.74) is 2.75. The van der Waals surface area contributed by atoms with Gasteiger partial charge in [0.1, 0.15) is 4.87 Å². The van der Waals surface area contributed by atoms with Gasteiger partial charge in [-0.2, -0.15) is 0 Å². The van der Waals surface area contributed by atoms with Crippen LogP contribution >= 0.6 is 34.8 Å². The molecule has 0 heterocycles. The van der Waals surface area contributed by atoms with Gasteiger partial charge in [0, 0.05) is 15.6 Å². The Labute approximate surface area is 145 Å². The first-order valence-electron chi connectivity index (χ1n) is 6.88. The summed E-state index contributed by atoms with van der Waals surface area (Å²) in [5, 5.41) is 1.14. The molecule has 0 spiro atoms. The Bertz CT molecular complexity index is 728. The molecule has 0 atom stereocenters. The molecule has 0 aliphatic rings. The number of rotatable bonds is 3. The van der Waals surface area contributed by atoms with Gasteiger partial charge < -0.3 is 0 Å². The normalized spacial score (nSPS) is 11.4. The van der Waals surface area contributed by atoms with Gasteiger partial charge in [0.2, 0.25) is 0 Å². The minimum absolute atomic E-state index is 0.551. The fraction of sp³-hybridized carbons (Fsp3) is 0.0526. The van der Waals surface area contributed by atoms with Gasteiger partial charge in [-0.25, -0.2) is 0 Å². The van der Waals surface area contributed by atoms with Crippen LogP contribution in [-0.2, 0) is 4.87 Å². The number of benzene rings is 3. The van der Waals surface area contributed by atoms with Crippen molar-refractivity contribution >= 4 is 34.8 Å². The second-order valence-electron chi connectivity index (χ2n) is 5.01. The van der Waals surface area contributed by atoms with Crippen molar-refractivity contribution in [2.75, 3.05) is 0 Å². The zero-order valence-corrected chi connectivity index (χ0v) is 13.9. The lowest BCUT2D eigenvalue weighted by atomic mass is 9.84. The van der Waals surface area contributed by atoms with E-state index in [1.807, 2.05) is 72.8 Å². The summed E-state index contributed by atoms with van der Waals surface area (Å²) >= 11 is 19.6. The summed E-state index contributed by atoms with van der Waals surface area (Å²) < 4.78 is 0. The van der Waals surface area contributed by atoms with E-state index in [-0.39, 0.29) is 0 Å². The highest BCUT2D eigenvalue weighted by Gasteiger charge is 2.35. The molecule has 0 nitrogen and oxygen atoms in total. The summed E-state index contributed by atoms with van der Waals surface area (Å²) in [6.07, 6.45) is 0. The third-order valence-electron chi connectivity index (χ3n) is 3.65. The van der Waals surface area contributed by atoms with Crippen LogP contribution in [0.2, 0.25) is 10.0 Å². The van der Waals surface area contributed by atoms with Gasteiger partial charge in [-0.3, -0.25) is 0 Å². The van der Waals surface area contributed by atoms with Gasteiger partial charge in [0.05, 0.1) is 0 Å². The molecule has 110 valence electrons. The molecule has 0 aliphatic heterocycles. The van der Waals surface area contributed by atoms with Crippen molar-refractivity contribution in [1.82, 2.24) is 0 Å². The second kappa shape index (κ2) is 6.34. The Morgan fingerprint density at radius 3 is 1.59 bits per heavy atom. The number of alkyl halides is 1. The zero-order valence-electron chi connectivity index (χ0n) is 11.6. The molecule has 0 unspecified atom stereocenters. The van der Waals surface area contributed by atoms with Crippen molar-refractivity contribution in [3.63, 3.8) is 0 Å². The third kappa shape index (κ3) is 2.75. The predicted octanol–water partition coefficient (Wildman–Crippen LogP) is 6.52. The van der Waals surface area contributed by atoms with Gasteiger partial charge in [-0.15, -0.1) is 11.6 Å². The van der Waals surface area contributed by atoms with Gasteiger partial charge in [-0.1, -0.05) is 89.9 Å². The minimum atomic E-state index is -0.857. The Balaban J connectivity index is 2.28. The zero-order chi connectivity index (χ0) is 15.6. The van der Waals surface area contributed by atoms with Crippen LogP contribution in [0.15, 0.2) is 78.9 Å². The average Bonchev–Trinajstić information content (AvgIpc) is 2.56. The standard InChI is InChI=1S/C19H13Cl3/c20-16-11-12-17(18(21)13-16)19(22,14-7-3-1-4-8-14)15-9-5-2-6-10-15/h1-13H. The molecular formula is C19H13Cl3. The average molecular weight is 348 g/mol. The van der Waals surface area contributed by atoms with E-state index in [0.717, 1.165) is 16.7 Å². The SMILES string of the molecule is Clc1ccc(C(Cl)(c2ccccc2)c2ccccc2)c(Cl)c1. The molecule has 3 heteroatoms. The van der Waals surface area contributed by atoms with Crippen molar-refractivity contribution in [2.24, 2.45) is 0 Å². The summed E-state index contributed by atoms with van der Waals surface area (Å²) in [6.45, 7) is 0. The maximum Gasteiger partial charge on any atom is 0.121 e. The van der Waals surface area contributed by atoms with Crippen LogP contribution < -0.4 is 0 Å². The van der Waals surface area contributed by atoms with E-state index in [2.05, 4.69) is 0 Å².